The topological polar surface area (TPSA) is 62.6 Å². The van der Waals surface area contributed by atoms with Crippen LogP contribution < -0.4 is 10.2 Å². The molecule has 0 saturated carbocycles. The van der Waals surface area contributed by atoms with E-state index in [0.717, 1.165) is 32.8 Å². The number of nitrogens with one attached hydrogen (secondary N) is 1. The molecule has 1 aliphatic heterocycles. The van der Waals surface area contributed by atoms with Crippen LogP contribution in [0.15, 0.2) is 94.4 Å². The van der Waals surface area contributed by atoms with Gasteiger partial charge in [0, 0.05) is 22.4 Å². The highest BCUT2D eigenvalue weighted by molar-refractivity contribution is 7.99. The van der Waals surface area contributed by atoms with Crippen LogP contribution in [-0.2, 0) is 9.59 Å². The van der Waals surface area contributed by atoms with Gasteiger partial charge in [-0.25, -0.2) is 0 Å². The van der Waals surface area contributed by atoms with Gasteiger partial charge in [0.2, 0.25) is 11.8 Å². The third-order valence-electron chi connectivity index (χ3n) is 5.31. The highest BCUT2D eigenvalue weighted by Gasteiger charge is 2.31. The lowest BCUT2D eigenvalue weighted by atomic mass is 10.1. The maximum absolute atomic E-state index is 13.2. The molecule has 0 saturated heterocycles. The van der Waals surface area contributed by atoms with Gasteiger partial charge in [0.05, 0.1) is 17.2 Å². The number of fused-ring (bicyclic) bond motifs is 2. The van der Waals surface area contributed by atoms with Crippen molar-refractivity contribution in [2.75, 3.05) is 16.8 Å². The molecule has 1 unspecified atom stereocenters. The lowest BCUT2D eigenvalue weighted by molar-refractivity contribution is -0.121. The van der Waals surface area contributed by atoms with Crippen LogP contribution in [0.25, 0.3) is 10.8 Å². The summed E-state index contributed by atoms with van der Waals surface area (Å²) in [5.74, 6) is 0.420. The summed E-state index contributed by atoms with van der Waals surface area (Å²) in [5.41, 5.74) is 1.49. The first-order valence-corrected chi connectivity index (χ1v) is 10.9. The van der Waals surface area contributed by atoms with Crippen LogP contribution in [0.4, 0.5) is 11.4 Å². The predicted octanol–water partition coefficient (Wildman–Crippen LogP) is 5.64. The number of amides is 2. The Morgan fingerprint density at radius 2 is 1.81 bits per heavy atom. The minimum Gasteiger partial charge on any atom is -0.468 e. The Balaban J connectivity index is 1.41. The highest BCUT2D eigenvalue weighted by Crippen LogP contribution is 2.45. The van der Waals surface area contributed by atoms with Gasteiger partial charge < -0.3 is 14.6 Å². The summed E-state index contributed by atoms with van der Waals surface area (Å²) in [6.07, 6.45) is 1.88. The third-order valence-corrected chi connectivity index (χ3v) is 6.59. The molecule has 31 heavy (non-hydrogen) atoms. The van der Waals surface area contributed by atoms with E-state index in [2.05, 4.69) is 5.32 Å². The first-order valence-electron chi connectivity index (χ1n) is 10.1. The van der Waals surface area contributed by atoms with Gasteiger partial charge in [-0.1, -0.05) is 48.5 Å². The summed E-state index contributed by atoms with van der Waals surface area (Å²) in [7, 11) is 0. The van der Waals surface area contributed by atoms with Crippen LogP contribution in [-0.4, -0.2) is 18.4 Å². The van der Waals surface area contributed by atoms with Gasteiger partial charge in [-0.15, -0.1) is 11.8 Å². The fraction of sp³-hybridized carbons (Fsp3) is 0.120. The zero-order chi connectivity index (χ0) is 21.2. The molecule has 1 aromatic heterocycles. The molecular formula is C25H20N2O3S. The monoisotopic (exact) mass is 428 g/mol. The van der Waals surface area contributed by atoms with Crippen LogP contribution in [0, 0.1) is 0 Å². The largest absolute Gasteiger partial charge is 0.468 e. The van der Waals surface area contributed by atoms with Crippen LogP contribution >= 0.6 is 11.8 Å². The van der Waals surface area contributed by atoms with Crippen LogP contribution in [0.2, 0.25) is 0 Å². The molecule has 4 aromatic rings. The van der Waals surface area contributed by atoms with Crippen molar-refractivity contribution in [3.8, 4) is 0 Å². The van der Waals surface area contributed by atoms with Crippen molar-refractivity contribution >= 4 is 45.7 Å². The number of carbonyl (C=O) groups excluding carboxylic acids is 2. The molecule has 0 fully saturated rings. The number of carbonyl (C=O) groups is 2. The predicted molar refractivity (Wildman–Crippen MR) is 123 cm³/mol. The van der Waals surface area contributed by atoms with Gasteiger partial charge in [-0.05, 0) is 35.7 Å². The standard InChI is InChI=1S/C25H20N2O3S/c28-24(26-19-10-5-8-17-7-1-2-9-18(17)19)16-27-20-11-3-4-13-22(20)31-23(15-25(27)29)21-12-6-14-30-21/h1-14,23H,15-16H2,(H,26,28). The van der Waals surface area contributed by atoms with Crippen molar-refractivity contribution in [2.24, 2.45) is 0 Å². The summed E-state index contributed by atoms with van der Waals surface area (Å²) in [6, 6.07) is 25.1. The van der Waals surface area contributed by atoms with Crippen molar-refractivity contribution in [3.63, 3.8) is 0 Å². The molecule has 1 atom stereocenters. The van der Waals surface area contributed by atoms with Crippen LogP contribution in [0.3, 0.4) is 0 Å². The number of para-hydroxylation sites is 1. The SMILES string of the molecule is O=C(CN1C(=O)CC(c2ccco2)Sc2ccccc21)Nc1cccc2ccccc12. The van der Waals surface area contributed by atoms with E-state index in [0.29, 0.717) is 0 Å². The summed E-state index contributed by atoms with van der Waals surface area (Å²) in [5, 5.41) is 4.87. The fourth-order valence-electron chi connectivity index (χ4n) is 3.85. The normalized spacial score (nSPS) is 16.1. The van der Waals surface area contributed by atoms with E-state index in [1.165, 1.54) is 0 Å². The van der Waals surface area contributed by atoms with E-state index >= 15 is 0 Å². The second-order valence-electron chi connectivity index (χ2n) is 7.35. The second kappa shape index (κ2) is 8.32. The Kier molecular flexibility index (Phi) is 5.22. The van der Waals surface area contributed by atoms with E-state index < -0.39 is 0 Å². The van der Waals surface area contributed by atoms with Gasteiger partial charge in [0.15, 0.2) is 0 Å². The van der Waals surface area contributed by atoms with Gasteiger partial charge in [0.25, 0.3) is 0 Å². The second-order valence-corrected chi connectivity index (χ2v) is 8.59. The molecule has 154 valence electrons. The number of nitrogens with zero attached hydrogens (tertiary/aromatic N) is 1. The Labute approximate surface area is 184 Å². The molecular weight excluding hydrogens is 408 g/mol. The fourth-order valence-corrected chi connectivity index (χ4v) is 5.09. The average Bonchev–Trinajstić information content (AvgIpc) is 3.28. The number of hydrogen-bond donors (Lipinski definition) is 1. The number of hydrogen-bond acceptors (Lipinski definition) is 4. The van der Waals surface area contributed by atoms with E-state index in [4.69, 9.17) is 4.42 Å². The molecule has 1 aliphatic rings. The van der Waals surface area contributed by atoms with E-state index in [9.17, 15) is 9.59 Å². The van der Waals surface area contributed by atoms with Crippen molar-refractivity contribution < 1.29 is 14.0 Å². The Bertz CT molecular complexity index is 1250. The zero-order valence-electron chi connectivity index (χ0n) is 16.7. The summed E-state index contributed by atoms with van der Waals surface area (Å²) in [4.78, 5) is 28.7. The van der Waals surface area contributed by atoms with Crippen molar-refractivity contribution in [1.29, 1.82) is 0 Å². The molecule has 3 aromatic carbocycles. The smallest absolute Gasteiger partial charge is 0.244 e. The first-order chi connectivity index (χ1) is 15.2. The Morgan fingerprint density at radius 3 is 2.68 bits per heavy atom. The van der Waals surface area contributed by atoms with Crippen molar-refractivity contribution in [1.82, 2.24) is 0 Å². The number of anilines is 2. The first kappa shape index (κ1) is 19.5. The third kappa shape index (κ3) is 3.94. The molecule has 2 amide bonds. The summed E-state index contributed by atoms with van der Waals surface area (Å²) >= 11 is 1.59. The molecule has 5 nitrogen and oxygen atoms in total. The van der Waals surface area contributed by atoms with Crippen LogP contribution in [0.1, 0.15) is 17.4 Å². The average molecular weight is 429 g/mol. The van der Waals surface area contributed by atoms with E-state index in [1.807, 2.05) is 78.9 Å². The van der Waals surface area contributed by atoms with Crippen LogP contribution in [0.5, 0.6) is 0 Å². The quantitative estimate of drug-likeness (QED) is 0.457. The van der Waals surface area contributed by atoms with Gasteiger partial charge in [-0.3, -0.25) is 9.59 Å². The number of thioether (sulfide) groups is 1. The van der Waals surface area contributed by atoms with Gasteiger partial charge in [-0.2, -0.15) is 0 Å². The lowest BCUT2D eigenvalue weighted by Gasteiger charge is -2.22. The highest BCUT2D eigenvalue weighted by atomic mass is 32.2. The van der Waals surface area contributed by atoms with Crippen molar-refractivity contribution in [2.45, 2.75) is 16.6 Å². The molecule has 2 heterocycles. The van der Waals surface area contributed by atoms with E-state index in [1.54, 1.807) is 22.9 Å². The van der Waals surface area contributed by atoms with E-state index in [-0.39, 0.29) is 30.0 Å². The molecule has 0 bridgehead atoms. The maximum Gasteiger partial charge on any atom is 0.244 e. The maximum atomic E-state index is 13.2. The number of rotatable bonds is 4. The Morgan fingerprint density at radius 1 is 1.00 bits per heavy atom. The molecule has 0 aliphatic carbocycles. The molecule has 6 heteroatoms. The van der Waals surface area contributed by atoms with Crippen molar-refractivity contribution in [3.05, 3.63) is 90.9 Å². The Hall–Kier alpha value is -3.51. The molecule has 0 spiro atoms. The number of benzene rings is 3. The molecule has 1 N–H and O–H groups in total. The minimum atomic E-state index is -0.235. The zero-order valence-corrected chi connectivity index (χ0v) is 17.5. The molecule has 0 radical (unpaired) electrons. The summed E-state index contributed by atoms with van der Waals surface area (Å²) < 4.78 is 5.56. The lowest BCUT2D eigenvalue weighted by Crippen LogP contribution is -2.38. The van der Waals surface area contributed by atoms with Gasteiger partial charge in [0.1, 0.15) is 12.3 Å². The number of furan rings is 1. The summed E-state index contributed by atoms with van der Waals surface area (Å²) in [6.45, 7) is -0.0511. The van der Waals surface area contributed by atoms with Gasteiger partial charge >= 0.3 is 0 Å². The molecule has 5 rings (SSSR count). The minimum absolute atomic E-state index is 0.0511.